The molecule has 5 rings (SSSR count). The fourth-order valence-electron chi connectivity index (χ4n) is 3.92. The Kier molecular flexibility index (Phi) is 6.14. The Hall–Kier alpha value is -3.90. The summed E-state index contributed by atoms with van der Waals surface area (Å²) in [5.74, 6) is 1.26. The molecule has 0 fully saturated rings. The van der Waals surface area contributed by atoms with Crippen LogP contribution in [0.15, 0.2) is 102 Å². The van der Waals surface area contributed by atoms with E-state index in [1.165, 1.54) is 22.5 Å². The number of benzene rings is 3. The van der Waals surface area contributed by atoms with E-state index in [0.29, 0.717) is 17.9 Å². The second-order valence-corrected chi connectivity index (χ2v) is 9.10. The third kappa shape index (κ3) is 4.72. The maximum atomic E-state index is 9.41. The Bertz CT molecular complexity index is 1460. The quantitative estimate of drug-likeness (QED) is 0.315. The fraction of sp³-hybridized carbons (Fsp3) is 0.107. The number of nitrogens with zero attached hydrogens (tertiary/aromatic N) is 3. The number of rotatable bonds is 6. The Balaban J connectivity index is 1.56. The number of pyridine rings is 1. The van der Waals surface area contributed by atoms with Crippen molar-refractivity contribution in [3.63, 3.8) is 0 Å². The smallest absolute Gasteiger partial charge is 0.137 e. The van der Waals surface area contributed by atoms with Gasteiger partial charge in [-0.3, -0.25) is 4.98 Å². The zero-order valence-electron chi connectivity index (χ0n) is 18.7. The molecule has 0 radical (unpaired) electrons. The van der Waals surface area contributed by atoms with Gasteiger partial charge in [-0.25, -0.2) is 0 Å². The molecule has 0 aliphatic carbocycles. The average Bonchev–Trinajstić information content (AvgIpc) is 3.36. The van der Waals surface area contributed by atoms with Crippen molar-refractivity contribution in [2.24, 2.45) is 10.2 Å². The van der Waals surface area contributed by atoms with Crippen LogP contribution in [-0.4, -0.2) is 33.7 Å². The highest BCUT2D eigenvalue weighted by Crippen LogP contribution is 2.32. The van der Waals surface area contributed by atoms with Crippen molar-refractivity contribution in [3.8, 4) is 28.0 Å². The molecule has 2 heterocycles. The van der Waals surface area contributed by atoms with E-state index in [1.54, 1.807) is 13.3 Å². The van der Waals surface area contributed by atoms with Gasteiger partial charge in [0, 0.05) is 18.2 Å². The molecular formula is C28H23N3O2S. The van der Waals surface area contributed by atoms with E-state index in [9.17, 15) is 5.11 Å². The SMILES string of the molecule is C=C(O)CSC1=NN=C(c2cc(-c3cncc(OC)c3)cc(-c3ccc4ccccc4c3)c2)C1. The summed E-state index contributed by atoms with van der Waals surface area (Å²) < 4.78 is 5.39. The maximum absolute atomic E-state index is 9.41. The third-order valence-electron chi connectivity index (χ3n) is 5.64. The van der Waals surface area contributed by atoms with Gasteiger partial charge in [-0.05, 0) is 63.4 Å². The molecule has 1 aromatic heterocycles. The molecule has 0 saturated heterocycles. The second kappa shape index (κ2) is 9.53. The topological polar surface area (TPSA) is 67.1 Å². The summed E-state index contributed by atoms with van der Waals surface area (Å²) >= 11 is 1.46. The molecule has 1 aliphatic heterocycles. The lowest BCUT2D eigenvalue weighted by atomic mass is 9.93. The molecule has 4 aromatic rings. The Morgan fingerprint density at radius 2 is 1.65 bits per heavy atom. The number of hydrogen-bond donors (Lipinski definition) is 1. The lowest BCUT2D eigenvalue weighted by molar-refractivity contribution is 0.413. The predicted octanol–water partition coefficient (Wildman–Crippen LogP) is 6.89. The van der Waals surface area contributed by atoms with E-state index in [2.05, 4.69) is 82.4 Å². The van der Waals surface area contributed by atoms with Gasteiger partial charge in [-0.1, -0.05) is 43.0 Å². The summed E-state index contributed by atoms with van der Waals surface area (Å²) in [7, 11) is 1.64. The first-order valence-corrected chi connectivity index (χ1v) is 11.8. The van der Waals surface area contributed by atoms with Gasteiger partial charge >= 0.3 is 0 Å². The molecule has 0 atom stereocenters. The van der Waals surface area contributed by atoms with Gasteiger partial charge in [-0.2, -0.15) is 5.10 Å². The van der Waals surface area contributed by atoms with Gasteiger partial charge < -0.3 is 9.84 Å². The minimum atomic E-state index is 0.132. The van der Waals surface area contributed by atoms with E-state index < -0.39 is 0 Å². The predicted molar refractivity (Wildman–Crippen MR) is 142 cm³/mol. The summed E-state index contributed by atoms with van der Waals surface area (Å²) in [6.07, 6.45) is 4.16. The molecule has 1 N–H and O–H groups in total. The first-order valence-electron chi connectivity index (χ1n) is 10.9. The number of thioether (sulfide) groups is 1. The van der Waals surface area contributed by atoms with Crippen molar-refractivity contribution in [1.29, 1.82) is 0 Å². The first kappa shape index (κ1) is 21.9. The van der Waals surface area contributed by atoms with Crippen molar-refractivity contribution in [2.45, 2.75) is 6.42 Å². The summed E-state index contributed by atoms with van der Waals surface area (Å²) in [5, 5.41) is 21.5. The average molecular weight is 466 g/mol. The number of hydrogen-bond acceptors (Lipinski definition) is 6. The van der Waals surface area contributed by atoms with Gasteiger partial charge in [0.25, 0.3) is 0 Å². The van der Waals surface area contributed by atoms with Crippen LogP contribution in [0.5, 0.6) is 5.75 Å². The summed E-state index contributed by atoms with van der Waals surface area (Å²) in [4.78, 5) is 4.34. The van der Waals surface area contributed by atoms with Crippen LogP contribution in [0.1, 0.15) is 12.0 Å². The largest absolute Gasteiger partial charge is 0.512 e. The monoisotopic (exact) mass is 465 g/mol. The highest BCUT2D eigenvalue weighted by Gasteiger charge is 2.18. The number of aliphatic hydroxyl groups is 1. The second-order valence-electron chi connectivity index (χ2n) is 8.05. The summed E-state index contributed by atoms with van der Waals surface area (Å²) in [5.41, 5.74) is 6.11. The van der Waals surface area contributed by atoms with Crippen LogP contribution in [0.2, 0.25) is 0 Å². The molecular weight excluding hydrogens is 442 g/mol. The number of ether oxygens (including phenoxy) is 1. The van der Waals surface area contributed by atoms with Gasteiger partial charge in [0.2, 0.25) is 0 Å². The summed E-state index contributed by atoms with van der Waals surface area (Å²) in [6, 6.07) is 23.3. The van der Waals surface area contributed by atoms with Crippen LogP contribution >= 0.6 is 11.8 Å². The van der Waals surface area contributed by atoms with Crippen molar-refractivity contribution in [1.82, 2.24) is 4.98 Å². The molecule has 34 heavy (non-hydrogen) atoms. The van der Waals surface area contributed by atoms with Crippen LogP contribution in [-0.2, 0) is 0 Å². The molecule has 1 aliphatic rings. The first-order chi connectivity index (χ1) is 16.6. The van der Waals surface area contributed by atoms with Crippen LogP contribution in [0, 0.1) is 0 Å². The van der Waals surface area contributed by atoms with Crippen molar-refractivity contribution >= 4 is 33.3 Å². The highest BCUT2D eigenvalue weighted by atomic mass is 32.2. The molecule has 5 nitrogen and oxygen atoms in total. The number of aliphatic hydroxyl groups excluding tert-OH is 1. The lowest BCUT2D eigenvalue weighted by Gasteiger charge is -2.12. The van der Waals surface area contributed by atoms with Crippen LogP contribution in [0.3, 0.4) is 0 Å². The summed E-state index contributed by atoms with van der Waals surface area (Å²) in [6.45, 7) is 3.55. The van der Waals surface area contributed by atoms with Crippen LogP contribution in [0.25, 0.3) is 33.0 Å². The molecule has 3 aromatic carbocycles. The minimum absolute atomic E-state index is 0.132. The minimum Gasteiger partial charge on any atom is -0.512 e. The van der Waals surface area contributed by atoms with E-state index >= 15 is 0 Å². The number of fused-ring (bicyclic) bond motifs is 1. The fourth-order valence-corrected chi connectivity index (χ4v) is 4.59. The Labute approximate surface area is 202 Å². The maximum Gasteiger partial charge on any atom is 0.137 e. The van der Waals surface area contributed by atoms with E-state index in [4.69, 9.17) is 4.74 Å². The zero-order chi connectivity index (χ0) is 23.5. The van der Waals surface area contributed by atoms with E-state index in [0.717, 1.165) is 38.6 Å². The van der Waals surface area contributed by atoms with Crippen molar-refractivity contribution in [2.75, 3.05) is 12.9 Å². The van der Waals surface area contributed by atoms with E-state index in [-0.39, 0.29) is 5.76 Å². The third-order valence-corrected chi connectivity index (χ3v) is 6.67. The standard InChI is InChI=1S/C28H23N3O2S/c1-18(32)17-34-28-14-27(30-31-28)24-11-22(21-8-7-19-5-3-4-6-20(19)9-21)10-23(12-24)25-13-26(33-2)16-29-15-25/h3-13,15-16,32H,1,14,17H2,2H3. The zero-order valence-corrected chi connectivity index (χ0v) is 19.5. The van der Waals surface area contributed by atoms with Gasteiger partial charge in [0.05, 0.1) is 30.5 Å². The van der Waals surface area contributed by atoms with Gasteiger partial charge in [0.1, 0.15) is 10.8 Å². The molecule has 168 valence electrons. The number of methoxy groups -OCH3 is 1. The molecule has 0 amide bonds. The van der Waals surface area contributed by atoms with Crippen LogP contribution in [0.4, 0.5) is 0 Å². The number of aromatic nitrogens is 1. The molecule has 0 unspecified atom stereocenters. The van der Waals surface area contributed by atoms with Crippen LogP contribution < -0.4 is 4.74 Å². The molecule has 0 spiro atoms. The van der Waals surface area contributed by atoms with Crippen molar-refractivity contribution < 1.29 is 9.84 Å². The Morgan fingerprint density at radius 3 is 2.44 bits per heavy atom. The molecule has 6 heteroatoms. The normalized spacial score (nSPS) is 13.0. The lowest BCUT2D eigenvalue weighted by Crippen LogP contribution is -2.03. The Morgan fingerprint density at radius 1 is 0.882 bits per heavy atom. The van der Waals surface area contributed by atoms with E-state index in [1.807, 2.05) is 12.3 Å². The highest BCUT2D eigenvalue weighted by molar-refractivity contribution is 8.14. The van der Waals surface area contributed by atoms with Crippen molar-refractivity contribution in [3.05, 3.63) is 97.0 Å². The van der Waals surface area contributed by atoms with Gasteiger partial charge in [0.15, 0.2) is 0 Å². The van der Waals surface area contributed by atoms with Gasteiger partial charge in [-0.15, -0.1) is 16.9 Å². The molecule has 0 saturated carbocycles. The molecule has 0 bridgehead atoms.